The molecule has 0 spiro atoms. The van der Waals surface area contributed by atoms with E-state index in [0.29, 0.717) is 18.6 Å². The van der Waals surface area contributed by atoms with Crippen LogP contribution < -0.4 is 10.6 Å². The van der Waals surface area contributed by atoms with Gasteiger partial charge in [-0.25, -0.2) is 0 Å². The molecule has 108 valence electrons. The number of halogens is 1. The van der Waals surface area contributed by atoms with E-state index in [-0.39, 0.29) is 24.4 Å². The number of hydrogen-bond acceptors (Lipinski definition) is 3. The van der Waals surface area contributed by atoms with Gasteiger partial charge in [0.15, 0.2) is 0 Å². The summed E-state index contributed by atoms with van der Waals surface area (Å²) in [6.45, 7) is 8.57. The molecule has 0 radical (unpaired) electrons. The summed E-state index contributed by atoms with van der Waals surface area (Å²) in [5.74, 6) is 0.621. The van der Waals surface area contributed by atoms with E-state index >= 15 is 0 Å². The molecular weight excluding hydrogens is 252 g/mol. The highest BCUT2D eigenvalue weighted by Crippen LogP contribution is 2.04. The summed E-state index contributed by atoms with van der Waals surface area (Å²) in [4.78, 5) is 11.7. The molecular formula is C13H27ClN2O2. The smallest absolute Gasteiger partial charge is 0.248 e. The second-order valence-corrected chi connectivity index (χ2v) is 5.23. The normalized spacial score (nSPS) is 20.6. The average Bonchev–Trinajstić information content (AvgIpc) is 2.78. The third-order valence-electron chi connectivity index (χ3n) is 3.12. The van der Waals surface area contributed by atoms with Crippen LogP contribution in [0.2, 0.25) is 0 Å². The van der Waals surface area contributed by atoms with Crippen molar-refractivity contribution in [3.63, 3.8) is 0 Å². The zero-order valence-electron chi connectivity index (χ0n) is 11.7. The Balaban J connectivity index is 0.00000289. The van der Waals surface area contributed by atoms with E-state index in [0.717, 1.165) is 25.9 Å². The molecule has 1 aliphatic rings. The first-order chi connectivity index (χ1) is 8.09. The monoisotopic (exact) mass is 278 g/mol. The minimum absolute atomic E-state index is 0. The van der Waals surface area contributed by atoms with Crippen LogP contribution >= 0.6 is 12.4 Å². The van der Waals surface area contributed by atoms with Gasteiger partial charge >= 0.3 is 0 Å². The molecule has 0 aromatic carbocycles. The molecule has 1 amide bonds. The number of hydrogen-bond donors (Lipinski definition) is 2. The zero-order chi connectivity index (χ0) is 12.7. The van der Waals surface area contributed by atoms with Gasteiger partial charge in [0, 0.05) is 19.2 Å². The van der Waals surface area contributed by atoms with Gasteiger partial charge in [-0.3, -0.25) is 4.79 Å². The Labute approximate surface area is 117 Å². The third kappa shape index (κ3) is 7.19. The van der Waals surface area contributed by atoms with Crippen LogP contribution in [0.3, 0.4) is 0 Å². The Hall–Kier alpha value is -0.320. The van der Waals surface area contributed by atoms with Gasteiger partial charge in [-0.05, 0) is 38.6 Å². The Morgan fingerprint density at radius 1 is 1.44 bits per heavy atom. The fourth-order valence-corrected chi connectivity index (χ4v) is 1.85. The van der Waals surface area contributed by atoms with Crippen LogP contribution in [0.15, 0.2) is 0 Å². The summed E-state index contributed by atoms with van der Waals surface area (Å²) in [6, 6.07) is 0.446. The van der Waals surface area contributed by atoms with Gasteiger partial charge in [-0.15, -0.1) is 12.4 Å². The molecule has 2 atom stereocenters. The van der Waals surface area contributed by atoms with Crippen molar-refractivity contribution in [1.29, 1.82) is 0 Å². The summed E-state index contributed by atoms with van der Waals surface area (Å²) in [6.07, 6.45) is 3.03. The van der Waals surface area contributed by atoms with E-state index in [2.05, 4.69) is 24.5 Å². The fourth-order valence-electron chi connectivity index (χ4n) is 1.85. The lowest BCUT2D eigenvalue weighted by Gasteiger charge is -2.16. The van der Waals surface area contributed by atoms with Crippen molar-refractivity contribution >= 4 is 18.3 Å². The molecule has 4 nitrogen and oxygen atoms in total. The molecule has 1 saturated heterocycles. The molecule has 1 aliphatic heterocycles. The van der Waals surface area contributed by atoms with Crippen molar-refractivity contribution in [2.24, 2.45) is 5.92 Å². The van der Waals surface area contributed by atoms with Crippen molar-refractivity contribution in [3.05, 3.63) is 0 Å². The number of amides is 1. The van der Waals surface area contributed by atoms with Crippen molar-refractivity contribution < 1.29 is 9.53 Å². The quantitative estimate of drug-likeness (QED) is 0.746. The molecule has 1 fully saturated rings. The number of rotatable bonds is 7. The van der Waals surface area contributed by atoms with Gasteiger partial charge in [0.2, 0.25) is 5.91 Å². The van der Waals surface area contributed by atoms with Crippen LogP contribution in [0, 0.1) is 5.92 Å². The van der Waals surface area contributed by atoms with Crippen LogP contribution in [0.1, 0.15) is 40.0 Å². The summed E-state index contributed by atoms with van der Waals surface area (Å²) in [5.41, 5.74) is 0. The van der Waals surface area contributed by atoms with E-state index in [4.69, 9.17) is 4.74 Å². The van der Waals surface area contributed by atoms with Crippen LogP contribution in [0.25, 0.3) is 0 Å². The van der Waals surface area contributed by atoms with Gasteiger partial charge in [0.05, 0.1) is 0 Å². The predicted molar refractivity (Wildman–Crippen MR) is 76.2 cm³/mol. The molecule has 2 unspecified atom stereocenters. The summed E-state index contributed by atoms with van der Waals surface area (Å²) in [5, 5.41) is 6.29. The molecule has 0 saturated carbocycles. The molecule has 0 aliphatic carbocycles. The van der Waals surface area contributed by atoms with Crippen molar-refractivity contribution in [1.82, 2.24) is 10.6 Å². The Kier molecular flexibility index (Phi) is 9.42. The molecule has 18 heavy (non-hydrogen) atoms. The van der Waals surface area contributed by atoms with Gasteiger partial charge in [0.1, 0.15) is 6.10 Å². The highest BCUT2D eigenvalue weighted by molar-refractivity contribution is 5.85. The third-order valence-corrected chi connectivity index (χ3v) is 3.12. The highest BCUT2D eigenvalue weighted by Gasteiger charge is 2.17. The van der Waals surface area contributed by atoms with Gasteiger partial charge < -0.3 is 15.4 Å². The van der Waals surface area contributed by atoms with Gasteiger partial charge in [0.25, 0.3) is 0 Å². The number of nitrogens with one attached hydrogen (secondary N) is 2. The first-order valence-corrected chi connectivity index (χ1v) is 6.72. The Bertz CT molecular complexity index is 231. The van der Waals surface area contributed by atoms with E-state index in [1.807, 2.05) is 6.92 Å². The average molecular weight is 279 g/mol. The Morgan fingerprint density at radius 2 is 2.17 bits per heavy atom. The van der Waals surface area contributed by atoms with Crippen molar-refractivity contribution in [2.75, 3.05) is 19.7 Å². The lowest BCUT2D eigenvalue weighted by atomic mass is 10.1. The highest BCUT2D eigenvalue weighted by atomic mass is 35.5. The lowest BCUT2D eigenvalue weighted by Crippen LogP contribution is -2.41. The second kappa shape index (κ2) is 9.59. The number of carbonyl (C=O) groups is 1. The zero-order valence-corrected chi connectivity index (χ0v) is 12.5. The maximum atomic E-state index is 11.7. The molecule has 1 rings (SSSR count). The summed E-state index contributed by atoms with van der Waals surface area (Å²) < 4.78 is 5.50. The standard InChI is InChI=1S/C13H26N2O2.ClH/c1-10(2)6-8-17-11(3)13(16)15-9-12-5-4-7-14-12;/h10-12,14H,4-9H2,1-3H3,(H,15,16);1H. The lowest BCUT2D eigenvalue weighted by molar-refractivity contribution is -0.132. The summed E-state index contributed by atoms with van der Waals surface area (Å²) >= 11 is 0. The minimum atomic E-state index is -0.338. The van der Waals surface area contributed by atoms with E-state index in [9.17, 15) is 4.79 Å². The first kappa shape index (κ1) is 17.7. The van der Waals surface area contributed by atoms with E-state index in [1.54, 1.807) is 0 Å². The molecule has 0 aromatic heterocycles. The van der Waals surface area contributed by atoms with E-state index in [1.165, 1.54) is 6.42 Å². The summed E-state index contributed by atoms with van der Waals surface area (Å²) in [7, 11) is 0. The number of carbonyl (C=O) groups excluding carboxylic acids is 1. The van der Waals surface area contributed by atoms with Crippen LogP contribution in [-0.2, 0) is 9.53 Å². The Morgan fingerprint density at radius 3 is 2.72 bits per heavy atom. The first-order valence-electron chi connectivity index (χ1n) is 6.72. The largest absolute Gasteiger partial charge is 0.369 e. The van der Waals surface area contributed by atoms with Gasteiger partial charge in [-0.1, -0.05) is 13.8 Å². The molecule has 1 heterocycles. The van der Waals surface area contributed by atoms with Gasteiger partial charge in [-0.2, -0.15) is 0 Å². The topological polar surface area (TPSA) is 50.4 Å². The number of ether oxygens (including phenoxy) is 1. The second-order valence-electron chi connectivity index (χ2n) is 5.23. The molecule has 2 N–H and O–H groups in total. The minimum Gasteiger partial charge on any atom is -0.369 e. The maximum absolute atomic E-state index is 11.7. The SMILES string of the molecule is CC(C)CCOC(C)C(=O)NCC1CCCN1.Cl. The van der Waals surface area contributed by atoms with Crippen LogP contribution in [-0.4, -0.2) is 37.7 Å². The molecule has 0 bridgehead atoms. The van der Waals surface area contributed by atoms with Crippen LogP contribution in [0.4, 0.5) is 0 Å². The van der Waals surface area contributed by atoms with Crippen molar-refractivity contribution in [3.8, 4) is 0 Å². The van der Waals surface area contributed by atoms with Crippen LogP contribution in [0.5, 0.6) is 0 Å². The maximum Gasteiger partial charge on any atom is 0.248 e. The molecule has 5 heteroatoms. The predicted octanol–water partition coefficient (Wildman–Crippen LogP) is 1.73. The fraction of sp³-hybridized carbons (Fsp3) is 0.923. The van der Waals surface area contributed by atoms with Crippen molar-refractivity contribution in [2.45, 2.75) is 52.2 Å². The molecule has 0 aromatic rings. The van der Waals surface area contributed by atoms with E-state index < -0.39 is 0 Å².